The molecule has 1 fully saturated rings. The standard InChI is InChI=1S/C13H21N3O/c1-11-4-5-12(8-14-11)16-6-7-17-10-13(16)9-15(2)3/h4-5,8,13H,6-7,9-10H2,1-3H3/t13-/m0/s1. The number of likely N-dealkylation sites (N-methyl/N-ethyl adjacent to an activating group) is 1. The van der Waals surface area contributed by atoms with Gasteiger partial charge in [-0.05, 0) is 33.2 Å². The first-order valence-electron chi connectivity index (χ1n) is 6.08. The van der Waals surface area contributed by atoms with Crippen molar-refractivity contribution in [2.24, 2.45) is 0 Å². The molecule has 2 heterocycles. The number of rotatable bonds is 3. The van der Waals surface area contributed by atoms with Crippen molar-refractivity contribution in [2.45, 2.75) is 13.0 Å². The van der Waals surface area contributed by atoms with Crippen LogP contribution in [0.25, 0.3) is 0 Å². The summed E-state index contributed by atoms with van der Waals surface area (Å²) in [5, 5.41) is 0. The molecule has 0 N–H and O–H groups in total. The molecule has 4 heteroatoms. The van der Waals surface area contributed by atoms with E-state index in [9.17, 15) is 0 Å². The maximum atomic E-state index is 5.57. The molecule has 2 rings (SSSR count). The molecule has 0 aliphatic carbocycles. The molecule has 0 saturated carbocycles. The highest BCUT2D eigenvalue weighted by atomic mass is 16.5. The van der Waals surface area contributed by atoms with Crippen LogP contribution < -0.4 is 4.90 Å². The largest absolute Gasteiger partial charge is 0.377 e. The third-order valence-corrected chi connectivity index (χ3v) is 3.03. The van der Waals surface area contributed by atoms with Crippen molar-refractivity contribution in [1.82, 2.24) is 9.88 Å². The van der Waals surface area contributed by atoms with Crippen molar-refractivity contribution in [3.05, 3.63) is 24.0 Å². The minimum absolute atomic E-state index is 0.420. The molecule has 1 aliphatic rings. The lowest BCUT2D eigenvalue weighted by Gasteiger charge is -2.38. The van der Waals surface area contributed by atoms with Gasteiger partial charge in [0, 0.05) is 18.8 Å². The highest BCUT2D eigenvalue weighted by Gasteiger charge is 2.23. The first kappa shape index (κ1) is 12.3. The molecule has 17 heavy (non-hydrogen) atoms. The lowest BCUT2D eigenvalue weighted by atomic mass is 10.2. The smallest absolute Gasteiger partial charge is 0.0683 e. The number of anilines is 1. The van der Waals surface area contributed by atoms with Crippen LogP contribution in [0.15, 0.2) is 18.3 Å². The van der Waals surface area contributed by atoms with Crippen LogP contribution in [0.3, 0.4) is 0 Å². The third kappa shape index (κ3) is 3.17. The molecule has 1 atom stereocenters. The first-order chi connectivity index (χ1) is 8.16. The second-order valence-corrected chi connectivity index (χ2v) is 4.84. The summed E-state index contributed by atoms with van der Waals surface area (Å²) in [6, 6.07) is 4.64. The van der Waals surface area contributed by atoms with Crippen molar-refractivity contribution in [3.63, 3.8) is 0 Å². The average Bonchev–Trinajstić information content (AvgIpc) is 2.30. The zero-order valence-corrected chi connectivity index (χ0v) is 10.9. The van der Waals surface area contributed by atoms with Gasteiger partial charge in [-0.25, -0.2) is 0 Å². The lowest BCUT2D eigenvalue weighted by molar-refractivity contribution is 0.0854. The van der Waals surface area contributed by atoms with Gasteiger partial charge in [0.05, 0.1) is 31.1 Å². The molecule has 0 amide bonds. The van der Waals surface area contributed by atoms with Crippen molar-refractivity contribution >= 4 is 5.69 Å². The molecule has 0 spiro atoms. The molecular weight excluding hydrogens is 214 g/mol. The van der Waals surface area contributed by atoms with Gasteiger partial charge in [-0.1, -0.05) is 0 Å². The molecule has 1 aromatic heterocycles. The summed E-state index contributed by atoms with van der Waals surface area (Å²) in [5.41, 5.74) is 2.26. The highest BCUT2D eigenvalue weighted by molar-refractivity contribution is 5.46. The van der Waals surface area contributed by atoms with Gasteiger partial charge in [0.15, 0.2) is 0 Å². The molecule has 1 aliphatic heterocycles. The van der Waals surface area contributed by atoms with Gasteiger partial charge >= 0.3 is 0 Å². The Balaban J connectivity index is 2.12. The quantitative estimate of drug-likeness (QED) is 0.786. The van der Waals surface area contributed by atoms with E-state index >= 15 is 0 Å². The highest BCUT2D eigenvalue weighted by Crippen LogP contribution is 2.19. The maximum Gasteiger partial charge on any atom is 0.0683 e. The Hall–Kier alpha value is -1.13. The molecule has 0 bridgehead atoms. The Kier molecular flexibility index (Phi) is 3.97. The van der Waals surface area contributed by atoms with Gasteiger partial charge in [0.1, 0.15) is 0 Å². The minimum Gasteiger partial charge on any atom is -0.377 e. The Morgan fingerprint density at radius 3 is 2.94 bits per heavy atom. The summed E-state index contributed by atoms with van der Waals surface area (Å²) in [5.74, 6) is 0. The van der Waals surface area contributed by atoms with Crippen molar-refractivity contribution < 1.29 is 4.74 Å². The molecule has 0 aromatic carbocycles. The van der Waals surface area contributed by atoms with Crippen LogP contribution in [0.4, 0.5) is 5.69 Å². The monoisotopic (exact) mass is 235 g/mol. The van der Waals surface area contributed by atoms with Gasteiger partial charge in [-0.3, -0.25) is 4.98 Å². The van der Waals surface area contributed by atoms with Crippen molar-refractivity contribution in [2.75, 3.05) is 45.3 Å². The van der Waals surface area contributed by atoms with E-state index in [1.54, 1.807) is 0 Å². The summed E-state index contributed by atoms with van der Waals surface area (Å²) in [4.78, 5) is 8.97. The van der Waals surface area contributed by atoms with E-state index in [2.05, 4.69) is 41.0 Å². The van der Waals surface area contributed by atoms with E-state index < -0.39 is 0 Å². The van der Waals surface area contributed by atoms with E-state index in [1.165, 1.54) is 5.69 Å². The zero-order valence-electron chi connectivity index (χ0n) is 10.9. The average molecular weight is 235 g/mol. The third-order valence-electron chi connectivity index (χ3n) is 3.03. The van der Waals surface area contributed by atoms with E-state index in [0.29, 0.717) is 6.04 Å². The molecule has 1 aromatic rings. The normalized spacial score (nSPS) is 20.9. The fraction of sp³-hybridized carbons (Fsp3) is 0.615. The van der Waals surface area contributed by atoms with Crippen molar-refractivity contribution in [1.29, 1.82) is 0 Å². The number of ether oxygens (including phenoxy) is 1. The number of hydrogen-bond acceptors (Lipinski definition) is 4. The molecule has 94 valence electrons. The van der Waals surface area contributed by atoms with Crippen LogP contribution in [-0.4, -0.2) is 56.3 Å². The van der Waals surface area contributed by atoms with E-state index in [4.69, 9.17) is 4.74 Å². The van der Waals surface area contributed by atoms with E-state index in [1.807, 2.05) is 13.1 Å². The van der Waals surface area contributed by atoms with Crippen LogP contribution in [0.5, 0.6) is 0 Å². The lowest BCUT2D eigenvalue weighted by Crippen LogP contribution is -2.50. The van der Waals surface area contributed by atoms with Gasteiger partial charge in [-0.2, -0.15) is 0 Å². The van der Waals surface area contributed by atoms with Gasteiger partial charge in [0.2, 0.25) is 0 Å². The fourth-order valence-corrected chi connectivity index (χ4v) is 2.20. The summed E-state index contributed by atoms with van der Waals surface area (Å²) >= 11 is 0. The molecule has 4 nitrogen and oxygen atoms in total. The van der Waals surface area contributed by atoms with E-state index in [0.717, 1.165) is 32.0 Å². The molecule has 1 saturated heterocycles. The number of hydrogen-bond donors (Lipinski definition) is 0. The van der Waals surface area contributed by atoms with Crippen LogP contribution in [0.2, 0.25) is 0 Å². The number of aromatic nitrogens is 1. The first-order valence-corrected chi connectivity index (χ1v) is 6.08. The number of morpholine rings is 1. The SMILES string of the molecule is Cc1ccc(N2CCOC[C@@H]2CN(C)C)cn1. The molecule has 0 radical (unpaired) electrons. The topological polar surface area (TPSA) is 28.6 Å². The van der Waals surface area contributed by atoms with Gasteiger partial charge in [-0.15, -0.1) is 0 Å². The Labute approximate surface area is 103 Å². The number of aryl methyl sites for hydroxylation is 1. The van der Waals surface area contributed by atoms with Crippen LogP contribution in [0.1, 0.15) is 5.69 Å². The molecular formula is C13H21N3O. The summed E-state index contributed by atoms with van der Waals surface area (Å²) in [6.07, 6.45) is 1.96. The summed E-state index contributed by atoms with van der Waals surface area (Å²) < 4.78 is 5.57. The van der Waals surface area contributed by atoms with Gasteiger partial charge in [0.25, 0.3) is 0 Å². The molecule has 0 unspecified atom stereocenters. The second-order valence-electron chi connectivity index (χ2n) is 4.84. The summed E-state index contributed by atoms with van der Waals surface area (Å²) in [6.45, 7) is 5.57. The number of nitrogens with zero attached hydrogens (tertiary/aromatic N) is 3. The second kappa shape index (κ2) is 5.47. The Morgan fingerprint density at radius 2 is 2.29 bits per heavy atom. The van der Waals surface area contributed by atoms with E-state index in [-0.39, 0.29) is 0 Å². The van der Waals surface area contributed by atoms with Crippen LogP contribution in [0, 0.1) is 6.92 Å². The summed E-state index contributed by atoms with van der Waals surface area (Å²) in [7, 11) is 4.19. The predicted molar refractivity (Wildman–Crippen MR) is 69.5 cm³/mol. The fourth-order valence-electron chi connectivity index (χ4n) is 2.20. The Bertz CT molecular complexity index is 350. The zero-order chi connectivity index (χ0) is 12.3. The van der Waals surface area contributed by atoms with Crippen LogP contribution in [-0.2, 0) is 4.74 Å². The Morgan fingerprint density at radius 1 is 1.47 bits per heavy atom. The maximum absolute atomic E-state index is 5.57. The van der Waals surface area contributed by atoms with Gasteiger partial charge < -0.3 is 14.5 Å². The predicted octanol–water partition coefficient (Wildman–Crippen LogP) is 1.16. The van der Waals surface area contributed by atoms with Crippen molar-refractivity contribution in [3.8, 4) is 0 Å². The van der Waals surface area contributed by atoms with Crippen LogP contribution >= 0.6 is 0 Å². The minimum atomic E-state index is 0.420. The number of pyridine rings is 1.